The van der Waals surface area contributed by atoms with Crippen LogP contribution in [0.15, 0.2) is 36.5 Å². The van der Waals surface area contributed by atoms with E-state index in [0.29, 0.717) is 6.54 Å². The topological polar surface area (TPSA) is 41.8 Å². The zero-order valence-electron chi connectivity index (χ0n) is 8.25. The lowest BCUT2D eigenvalue weighted by Gasteiger charge is -1.97. The summed E-state index contributed by atoms with van der Waals surface area (Å²) >= 11 is 0. The first-order chi connectivity index (χ1) is 6.79. The molecule has 1 aromatic heterocycles. The highest BCUT2D eigenvalue weighted by atomic mass is 14.7. The van der Waals surface area contributed by atoms with E-state index in [9.17, 15) is 0 Å². The number of nitrogens with one attached hydrogen (secondary N) is 1. The molecule has 0 amide bonds. The van der Waals surface area contributed by atoms with Crippen molar-refractivity contribution in [1.82, 2.24) is 4.98 Å². The number of aromatic nitrogens is 1. The molecular formula is C12H14N2. The monoisotopic (exact) mass is 186 g/mol. The molecule has 0 aliphatic heterocycles. The summed E-state index contributed by atoms with van der Waals surface area (Å²) in [4.78, 5) is 3.14. The van der Waals surface area contributed by atoms with E-state index < -0.39 is 0 Å². The Morgan fingerprint density at radius 1 is 1.14 bits per heavy atom. The molecule has 0 saturated carbocycles. The molecule has 0 fully saturated rings. The van der Waals surface area contributed by atoms with Gasteiger partial charge in [-0.25, -0.2) is 0 Å². The number of hydrogen-bond donors (Lipinski definition) is 2. The second-order valence-corrected chi connectivity index (χ2v) is 3.48. The lowest BCUT2D eigenvalue weighted by atomic mass is 10.1. The van der Waals surface area contributed by atoms with Gasteiger partial charge in [-0.1, -0.05) is 29.8 Å². The molecule has 14 heavy (non-hydrogen) atoms. The van der Waals surface area contributed by atoms with E-state index in [1.54, 1.807) is 0 Å². The lowest BCUT2D eigenvalue weighted by molar-refractivity contribution is 1.01. The number of aryl methyl sites for hydroxylation is 1. The van der Waals surface area contributed by atoms with E-state index in [1.165, 1.54) is 16.7 Å². The molecule has 72 valence electrons. The maximum absolute atomic E-state index is 5.53. The van der Waals surface area contributed by atoms with Crippen molar-refractivity contribution in [3.8, 4) is 11.1 Å². The van der Waals surface area contributed by atoms with Gasteiger partial charge in [0.2, 0.25) is 0 Å². The second kappa shape index (κ2) is 3.68. The fraction of sp³-hybridized carbons (Fsp3) is 0.167. The Balaban J connectivity index is 2.34. The Kier molecular flexibility index (Phi) is 2.37. The molecule has 0 saturated heterocycles. The summed E-state index contributed by atoms with van der Waals surface area (Å²) in [6.07, 6.45) is 1.99. The Hall–Kier alpha value is -1.54. The van der Waals surface area contributed by atoms with Crippen LogP contribution in [0.3, 0.4) is 0 Å². The maximum Gasteiger partial charge on any atom is 0.0332 e. The Labute approximate surface area is 83.8 Å². The van der Waals surface area contributed by atoms with Crippen LogP contribution in [0.1, 0.15) is 11.3 Å². The molecule has 0 unspecified atom stereocenters. The standard InChI is InChI=1S/C12H14N2/c1-9-2-4-10(5-3-9)11-6-12(7-13)14-8-11/h2-6,8,14H,7,13H2,1H3. The number of H-pyrrole nitrogens is 1. The van der Waals surface area contributed by atoms with Crippen LogP contribution in [-0.4, -0.2) is 4.98 Å². The summed E-state index contributed by atoms with van der Waals surface area (Å²) in [5.74, 6) is 0. The van der Waals surface area contributed by atoms with Gasteiger partial charge in [-0.15, -0.1) is 0 Å². The van der Waals surface area contributed by atoms with Crippen molar-refractivity contribution in [3.63, 3.8) is 0 Å². The minimum absolute atomic E-state index is 0.561. The predicted octanol–water partition coefficient (Wildman–Crippen LogP) is 2.45. The fourth-order valence-electron chi connectivity index (χ4n) is 1.47. The first-order valence-corrected chi connectivity index (χ1v) is 4.74. The Bertz CT molecular complexity index is 412. The van der Waals surface area contributed by atoms with Crippen molar-refractivity contribution >= 4 is 0 Å². The van der Waals surface area contributed by atoms with Crippen molar-refractivity contribution < 1.29 is 0 Å². The van der Waals surface area contributed by atoms with Crippen molar-refractivity contribution in [2.24, 2.45) is 5.73 Å². The van der Waals surface area contributed by atoms with Crippen LogP contribution in [0.2, 0.25) is 0 Å². The summed E-state index contributed by atoms with van der Waals surface area (Å²) in [5, 5.41) is 0. The summed E-state index contributed by atoms with van der Waals surface area (Å²) in [6.45, 7) is 2.65. The van der Waals surface area contributed by atoms with Crippen molar-refractivity contribution in [1.29, 1.82) is 0 Å². The second-order valence-electron chi connectivity index (χ2n) is 3.48. The number of aromatic amines is 1. The minimum Gasteiger partial charge on any atom is -0.363 e. The third-order valence-electron chi connectivity index (χ3n) is 2.35. The summed E-state index contributed by atoms with van der Waals surface area (Å²) in [7, 11) is 0. The molecule has 0 bridgehead atoms. The SMILES string of the molecule is Cc1ccc(-c2c[nH]c(CN)c2)cc1. The van der Waals surface area contributed by atoms with Crippen LogP contribution in [0.4, 0.5) is 0 Å². The highest BCUT2D eigenvalue weighted by Crippen LogP contribution is 2.20. The first kappa shape index (κ1) is 9.03. The van der Waals surface area contributed by atoms with Gasteiger partial charge in [0.15, 0.2) is 0 Å². The van der Waals surface area contributed by atoms with Crippen LogP contribution in [0.5, 0.6) is 0 Å². The molecule has 2 aromatic rings. The van der Waals surface area contributed by atoms with Crippen LogP contribution < -0.4 is 5.73 Å². The molecule has 1 aromatic carbocycles. The van der Waals surface area contributed by atoms with Gasteiger partial charge in [-0.2, -0.15) is 0 Å². The first-order valence-electron chi connectivity index (χ1n) is 4.74. The number of benzene rings is 1. The van der Waals surface area contributed by atoms with E-state index in [1.807, 2.05) is 6.20 Å². The van der Waals surface area contributed by atoms with Gasteiger partial charge in [-0.3, -0.25) is 0 Å². The van der Waals surface area contributed by atoms with Crippen molar-refractivity contribution in [2.75, 3.05) is 0 Å². The quantitative estimate of drug-likeness (QED) is 0.743. The van der Waals surface area contributed by atoms with Gasteiger partial charge >= 0.3 is 0 Å². The Morgan fingerprint density at radius 2 is 1.86 bits per heavy atom. The third-order valence-corrected chi connectivity index (χ3v) is 2.35. The fourth-order valence-corrected chi connectivity index (χ4v) is 1.47. The minimum atomic E-state index is 0.561. The number of rotatable bonds is 2. The highest BCUT2D eigenvalue weighted by molar-refractivity contribution is 5.63. The van der Waals surface area contributed by atoms with Crippen LogP contribution in [0, 0.1) is 6.92 Å². The zero-order chi connectivity index (χ0) is 9.97. The Morgan fingerprint density at radius 3 is 2.43 bits per heavy atom. The van der Waals surface area contributed by atoms with Crippen LogP contribution in [-0.2, 0) is 6.54 Å². The molecule has 2 nitrogen and oxygen atoms in total. The van der Waals surface area contributed by atoms with Crippen molar-refractivity contribution in [3.05, 3.63) is 47.8 Å². The average molecular weight is 186 g/mol. The molecule has 0 atom stereocenters. The van der Waals surface area contributed by atoms with Gasteiger partial charge in [0, 0.05) is 18.4 Å². The average Bonchev–Trinajstić information content (AvgIpc) is 2.67. The van der Waals surface area contributed by atoms with Gasteiger partial charge in [-0.05, 0) is 24.1 Å². The van der Waals surface area contributed by atoms with Gasteiger partial charge in [0.1, 0.15) is 0 Å². The van der Waals surface area contributed by atoms with Crippen molar-refractivity contribution in [2.45, 2.75) is 13.5 Å². The molecule has 3 N–H and O–H groups in total. The largest absolute Gasteiger partial charge is 0.363 e. The molecule has 0 aliphatic carbocycles. The van der Waals surface area contributed by atoms with E-state index in [-0.39, 0.29) is 0 Å². The molecule has 2 heteroatoms. The lowest BCUT2D eigenvalue weighted by Crippen LogP contribution is -1.94. The van der Waals surface area contributed by atoms with Gasteiger partial charge < -0.3 is 10.7 Å². The van der Waals surface area contributed by atoms with Crippen LogP contribution in [0.25, 0.3) is 11.1 Å². The maximum atomic E-state index is 5.53. The highest BCUT2D eigenvalue weighted by Gasteiger charge is 1.99. The van der Waals surface area contributed by atoms with E-state index in [4.69, 9.17) is 5.73 Å². The molecule has 0 spiro atoms. The third kappa shape index (κ3) is 1.70. The molecular weight excluding hydrogens is 172 g/mol. The van der Waals surface area contributed by atoms with Gasteiger partial charge in [0.05, 0.1) is 0 Å². The number of nitrogens with two attached hydrogens (primary N) is 1. The van der Waals surface area contributed by atoms with E-state index in [2.05, 4.69) is 42.2 Å². The van der Waals surface area contributed by atoms with Crippen LogP contribution >= 0.6 is 0 Å². The molecule has 0 radical (unpaired) electrons. The molecule has 2 rings (SSSR count). The van der Waals surface area contributed by atoms with Gasteiger partial charge in [0.25, 0.3) is 0 Å². The smallest absolute Gasteiger partial charge is 0.0332 e. The molecule has 0 aliphatic rings. The normalized spacial score (nSPS) is 10.4. The summed E-state index contributed by atoms with van der Waals surface area (Å²) < 4.78 is 0. The summed E-state index contributed by atoms with van der Waals surface area (Å²) in [6, 6.07) is 10.6. The van der Waals surface area contributed by atoms with E-state index >= 15 is 0 Å². The molecule has 1 heterocycles. The van der Waals surface area contributed by atoms with E-state index in [0.717, 1.165) is 5.69 Å². The zero-order valence-corrected chi connectivity index (χ0v) is 8.25. The number of hydrogen-bond acceptors (Lipinski definition) is 1. The summed E-state index contributed by atoms with van der Waals surface area (Å²) in [5.41, 5.74) is 10.3. The predicted molar refractivity (Wildman–Crippen MR) is 58.9 cm³/mol.